The molecule has 126 valence electrons. The molecular formula is C17H18N2O4S. The monoisotopic (exact) mass is 346 g/mol. The first kappa shape index (κ1) is 17.6. The number of ether oxygens (including phenoxy) is 1. The maximum atomic E-state index is 11.5. The Labute approximate surface area is 141 Å². The molecule has 0 aliphatic heterocycles. The lowest BCUT2D eigenvalue weighted by molar-refractivity contribution is 0.253. The molecule has 2 aromatic carbocycles. The van der Waals surface area contributed by atoms with Crippen LogP contribution >= 0.6 is 0 Å². The van der Waals surface area contributed by atoms with E-state index in [1.807, 2.05) is 0 Å². The third-order valence-electron chi connectivity index (χ3n) is 3.01. The highest BCUT2D eigenvalue weighted by molar-refractivity contribution is 7.90. The second kappa shape index (κ2) is 7.65. The maximum Gasteiger partial charge on any atom is 0.319 e. The largest absolute Gasteiger partial charge is 0.457 e. The van der Waals surface area contributed by atoms with Crippen molar-refractivity contribution in [1.82, 2.24) is 5.32 Å². The number of carbonyl (C=O) groups excluding carboxylic acids is 1. The van der Waals surface area contributed by atoms with Gasteiger partial charge in [-0.3, -0.25) is 0 Å². The Morgan fingerprint density at radius 3 is 2.12 bits per heavy atom. The summed E-state index contributed by atoms with van der Waals surface area (Å²) >= 11 is 0. The molecule has 0 fully saturated rings. The van der Waals surface area contributed by atoms with Gasteiger partial charge in [-0.05, 0) is 48.5 Å². The molecule has 0 aromatic heterocycles. The summed E-state index contributed by atoms with van der Waals surface area (Å²) in [6, 6.07) is 12.6. The van der Waals surface area contributed by atoms with Crippen LogP contribution in [-0.2, 0) is 9.84 Å². The molecule has 0 radical (unpaired) electrons. The zero-order valence-corrected chi connectivity index (χ0v) is 14.0. The van der Waals surface area contributed by atoms with Gasteiger partial charge in [0.1, 0.15) is 11.5 Å². The van der Waals surface area contributed by atoms with Gasteiger partial charge in [0.2, 0.25) is 0 Å². The number of anilines is 1. The molecule has 0 aliphatic carbocycles. The van der Waals surface area contributed by atoms with Crippen LogP contribution in [0, 0.1) is 0 Å². The molecule has 2 rings (SSSR count). The van der Waals surface area contributed by atoms with E-state index in [0.717, 1.165) is 6.26 Å². The summed E-state index contributed by atoms with van der Waals surface area (Å²) in [6.07, 6.45) is 2.74. The molecule has 0 spiro atoms. The van der Waals surface area contributed by atoms with Crippen LogP contribution in [0.4, 0.5) is 10.5 Å². The lowest BCUT2D eigenvalue weighted by Gasteiger charge is -2.09. The highest BCUT2D eigenvalue weighted by atomic mass is 32.2. The van der Waals surface area contributed by atoms with Gasteiger partial charge in [-0.15, -0.1) is 6.58 Å². The van der Waals surface area contributed by atoms with Crippen LogP contribution in [-0.4, -0.2) is 27.2 Å². The summed E-state index contributed by atoms with van der Waals surface area (Å²) in [5.41, 5.74) is 0.622. The second-order valence-corrected chi connectivity index (χ2v) is 7.01. The Morgan fingerprint density at radius 1 is 1.08 bits per heavy atom. The van der Waals surface area contributed by atoms with Crippen LogP contribution < -0.4 is 15.4 Å². The van der Waals surface area contributed by atoms with Crippen LogP contribution in [0.3, 0.4) is 0 Å². The average molecular weight is 346 g/mol. The average Bonchev–Trinajstić information content (AvgIpc) is 2.54. The lowest BCUT2D eigenvalue weighted by atomic mass is 10.3. The van der Waals surface area contributed by atoms with Crippen LogP contribution in [0.25, 0.3) is 0 Å². The predicted octanol–water partition coefficient (Wildman–Crippen LogP) is 3.19. The fraction of sp³-hybridized carbons (Fsp3) is 0.118. The van der Waals surface area contributed by atoms with Crippen LogP contribution in [0.15, 0.2) is 66.1 Å². The van der Waals surface area contributed by atoms with Crippen molar-refractivity contribution < 1.29 is 17.9 Å². The minimum atomic E-state index is -3.22. The molecule has 7 heteroatoms. The molecule has 0 unspecified atom stereocenters. The first-order valence-electron chi connectivity index (χ1n) is 7.12. The highest BCUT2D eigenvalue weighted by Crippen LogP contribution is 2.24. The van der Waals surface area contributed by atoms with Crippen LogP contribution in [0.1, 0.15) is 0 Å². The molecule has 0 heterocycles. The van der Waals surface area contributed by atoms with Gasteiger partial charge >= 0.3 is 6.03 Å². The number of hydrogen-bond donors (Lipinski definition) is 2. The van der Waals surface area contributed by atoms with E-state index in [1.165, 1.54) is 12.1 Å². The topological polar surface area (TPSA) is 84.5 Å². The molecule has 2 N–H and O–H groups in total. The fourth-order valence-electron chi connectivity index (χ4n) is 1.84. The van der Waals surface area contributed by atoms with Crippen LogP contribution in [0.5, 0.6) is 11.5 Å². The van der Waals surface area contributed by atoms with Gasteiger partial charge in [0.15, 0.2) is 9.84 Å². The van der Waals surface area contributed by atoms with E-state index in [-0.39, 0.29) is 10.9 Å². The summed E-state index contributed by atoms with van der Waals surface area (Å²) in [7, 11) is -3.22. The zero-order chi connectivity index (χ0) is 17.6. The van der Waals surface area contributed by atoms with Gasteiger partial charge in [0, 0.05) is 18.5 Å². The number of nitrogens with one attached hydrogen (secondary N) is 2. The normalized spacial score (nSPS) is 10.7. The summed E-state index contributed by atoms with van der Waals surface area (Å²) < 4.78 is 28.5. The molecule has 6 nitrogen and oxygen atoms in total. The van der Waals surface area contributed by atoms with Crippen molar-refractivity contribution in [3.63, 3.8) is 0 Å². The van der Waals surface area contributed by atoms with Crippen molar-refractivity contribution in [3.05, 3.63) is 61.2 Å². The summed E-state index contributed by atoms with van der Waals surface area (Å²) in [5.74, 6) is 1.09. The number of sulfone groups is 1. The Bertz CT molecular complexity index is 813. The number of hydrogen-bond acceptors (Lipinski definition) is 4. The molecule has 0 bridgehead atoms. The third-order valence-corrected chi connectivity index (χ3v) is 4.14. The Hall–Kier alpha value is -2.80. The molecule has 0 saturated carbocycles. The quantitative estimate of drug-likeness (QED) is 0.787. The van der Waals surface area contributed by atoms with Gasteiger partial charge in [-0.25, -0.2) is 13.2 Å². The number of benzene rings is 2. The molecule has 24 heavy (non-hydrogen) atoms. The highest BCUT2D eigenvalue weighted by Gasteiger charge is 2.07. The van der Waals surface area contributed by atoms with Gasteiger partial charge < -0.3 is 15.4 Å². The van der Waals surface area contributed by atoms with Gasteiger partial charge in [-0.1, -0.05) is 6.08 Å². The van der Waals surface area contributed by atoms with Crippen LogP contribution in [0.2, 0.25) is 0 Å². The smallest absolute Gasteiger partial charge is 0.319 e. The van der Waals surface area contributed by atoms with Crippen molar-refractivity contribution in [3.8, 4) is 11.5 Å². The number of rotatable bonds is 6. The molecule has 2 aromatic rings. The minimum absolute atomic E-state index is 0.236. The van der Waals surface area contributed by atoms with Crippen molar-refractivity contribution in [2.24, 2.45) is 0 Å². The predicted molar refractivity (Wildman–Crippen MR) is 93.3 cm³/mol. The van der Waals surface area contributed by atoms with E-state index < -0.39 is 9.84 Å². The van der Waals surface area contributed by atoms with Gasteiger partial charge in [-0.2, -0.15) is 0 Å². The fourth-order valence-corrected chi connectivity index (χ4v) is 2.47. The van der Waals surface area contributed by atoms with E-state index in [2.05, 4.69) is 17.2 Å². The van der Waals surface area contributed by atoms with E-state index in [9.17, 15) is 13.2 Å². The SMILES string of the molecule is C=CCNC(=O)Nc1ccc(Oc2ccc(S(C)(=O)=O)cc2)cc1. The van der Waals surface area contributed by atoms with Gasteiger partial charge in [0.25, 0.3) is 0 Å². The number of carbonyl (C=O) groups is 1. The first-order valence-corrected chi connectivity index (χ1v) is 9.01. The minimum Gasteiger partial charge on any atom is -0.457 e. The van der Waals surface area contributed by atoms with E-state index >= 15 is 0 Å². The van der Waals surface area contributed by atoms with E-state index in [4.69, 9.17) is 4.74 Å². The van der Waals surface area contributed by atoms with Crippen molar-refractivity contribution in [1.29, 1.82) is 0 Å². The second-order valence-electron chi connectivity index (χ2n) is 4.99. The van der Waals surface area contributed by atoms with Crippen molar-refractivity contribution in [2.45, 2.75) is 4.90 Å². The third kappa shape index (κ3) is 5.13. The molecule has 0 saturated heterocycles. The zero-order valence-electron chi connectivity index (χ0n) is 13.2. The first-order chi connectivity index (χ1) is 11.4. The Balaban J connectivity index is 1.98. The maximum absolute atomic E-state index is 11.5. The summed E-state index contributed by atoms with van der Waals surface area (Å²) in [4.78, 5) is 11.7. The number of amides is 2. The Kier molecular flexibility index (Phi) is 5.59. The van der Waals surface area contributed by atoms with Crippen molar-refractivity contribution >= 4 is 21.6 Å². The summed E-state index contributed by atoms with van der Waals surface area (Å²) in [5, 5.41) is 5.28. The lowest BCUT2D eigenvalue weighted by Crippen LogP contribution is -2.28. The standard InChI is InChI=1S/C17H18N2O4S/c1-3-12-18-17(20)19-13-4-6-14(7-5-13)23-15-8-10-16(11-9-15)24(2,21)22/h3-11H,1,12H2,2H3,(H2,18,19,20). The molecule has 2 amide bonds. The molecule has 0 atom stereocenters. The van der Waals surface area contributed by atoms with E-state index in [0.29, 0.717) is 23.7 Å². The Morgan fingerprint density at radius 2 is 1.62 bits per heavy atom. The molecular weight excluding hydrogens is 328 g/mol. The van der Waals surface area contributed by atoms with Crippen molar-refractivity contribution in [2.75, 3.05) is 18.1 Å². The summed E-state index contributed by atoms with van der Waals surface area (Å²) in [6.45, 7) is 3.90. The van der Waals surface area contributed by atoms with Gasteiger partial charge in [0.05, 0.1) is 4.90 Å². The van der Waals surface area contributed by atoms with E-state index in [1.54, 1.807) is 42.5 Å². The number of urea groups is 1. The molecule has 0 aliphatic rings.